The first-order chi connectivity index (χ1) is 18.2. The van der Waals surface area contributed by atoms with Crippen molar-refractivity contribution in [1.82, 2.24) is 25.8 Å². The highest BCUT2D eigenvalue weighted by molar-refractivity contribution is 7.18. The fraction of sp³-hybridized carbons (Fsp3) is 0.586. The standard InChI is InChI=1S/C29H43N5O3S/c1-6-19(4)24(17-30-28(36)20(5)18-34-13-9-10-14-34)33-29(37)23(31-26(35)8-3)16-27-32-22-12-11-21(7-2)15-25(22)38-27/h11-12,15,19,23-24H,5-10,13-14,16-18H2,1-4H3,(H,30,36)(H,31,35)(H,33,37)/t19-,23-,24+/m0/s1. The van der Waals surface area contributed by atoms with Crippen LogP contribution in [0.5, 0.6) is 0 Å². The van der Waals surface area contributed by atoms with E-state index in [-0.39, 0.29) is 36.1 Å². The van der Waals surface area contributed by atoms with Crippen molar-refractivity contribution in [2.24, 2.45) is 5.92 Å². The van der Waals surface area contributed by atoms with Gasteiger partial charge in [-0.25, -0.2) is 4.98 Å². The average Bonchev–Trinajstić information content (AvgIpc) is 3.58. The van der Waals surface area contributed by atoms with Crippen LogP contribution in [-0.4, -0.2) is 65.9 Å². The summed E-state index contributed by atoms with van der Waals surface area (Å²) in [5, 5.41) is 9.75. The van der Waals surface area contributed by atoms with Crippen molar-refractivity contribution in [2.75, 3.05) is 26.2 Å². The molecule has 1 saturated heterocycles. The Morgan fingerprint density at radius 3 is 2.53 bits per heavy atom. The summed E-state index contributed by atoms with van der Waals surface area (Å²) in [5.74, 6) is -0.512. The molecule has 3 atom stereocenters. The van der Waals surface area contributed by atoms with Gasteiger partial charge in [0.15, 0.2) is 0 Å². The first kappa shape index (κ1) is 29.8. The molecule has 0 aliphatic carbocycles. The molecule has 8 nitrogen and oxygen atoms in total. The zero-order valence-corrected chi connectivity index (χ0v) is 24.1. The highest BCUT2D eigenvalue weighted by Gasteiger charge is 2.27. The molecule has 1 fully saturated rings. The second-order valence-corrected chi connectivity index (χ2v) is 11.4. The molecule has 3 amide bonds. The van der Waals surface area contributed by atoms with Crippen molar-refractivity contribution < 1.29 is 14.4 Å². The van der Waals surface area contributed by atoms with Gasteiger partial charge in [0.1, 0.15) is 6.04 Å². The summed E-state index contributed by atoms with van der Waals surface area (Å²) in [6, 6.07) is 5.18. The molecule has 38 heavy (non-hydrogen) atoms. The van der Waals surface area contributed by atoms with Crippen molar-refractivity contribution in [1.29, 1.82) is 0 Å². The Hall–Kier alpha value is -2.78. The summed E-state index contributed by atoms with van der Waals surface area (Å²) in [6.45, 7) is 14.8. The third-order valence-electron chi connectivity index (χ3n) is 7.33. The number of amides is 3. The molecule has 0 unspecified atom stereocenters. The second-order valence-electron chi connectivity index (χ2n) is 10.2. The largest absolute Gasteiger partial charge is 0.350 e. The molecule has 3 rings (SSSR count). The summed E-state index contributed by atoms with van der Waals surface area (Å²) >= 11 is 1.55. The summed E-state index contributed by atoms with van der Waals surface area (Å²) in [6.07, 6.45) is 4.68. The number of aryl methyl sites for hydroxylation is 1. The number of hydrogen-bond acceptors (Lipinski definition) is 6. The molecule has 0 radical (unpaired) electrons. The van der Waals surface area contributed by atoms with Gasteiger partial charge in [-0.05, 0) is 56.0 Å². The average molecular weight is 542 g/mol. The summed E-state index contributed by atoms with van der Waals surface area (Å²) < 4.78 is 1.08. The predicted molar refractivity (Wildman–Crippen MR) is 154 cm³/mol. The first-order valence-electron chi connectivity index (χ1n) is 13.9. The van der Waals surface area contributed by atoms with Crippen LogP contribution in [0.15, 0.2) is 30.4 Å². The number of nitrogens with one attached hydrogen (secondary N) is 3. The fourth-order valence-corrected chi connectivity index (χ4v) is 5.65. The molecule has 2 aromatic rings. The van der Waals surface area contributed by atoms with Gasteiger partial charge < -0.3 is 16.0 Å². The Balaban J connectivity index is 1.67. The van der Waals surface area contributed by atoms with Crippen molar-refractivity contribution in [3.05, 3.63) is 40.9 Å². The summed E-state index contributed by atoms with van der Waals surface area (Å²) in [7, 11) is 0. The number of carbonyl (C=O) groups excluding carboxylic acids is 3. The van der Waals surface area contributed by atoms with E-state index in [9.17, 15) is 14.4 Å². The number of fused-ring (bicyclic) bond motifs is 1. The number of likely N-dealkylation sites (tertiary alicyclic amines) is 1. The third kappa shape index (κ3) is 8.36. The monoisotopic (exact) mass is 541 g/mol. The smallest absolute Gasteiger partial charge is 0.247 e. The molecule has 1 aliphatic heterocycles. The highest BCUT2D eigenvalue weighted by atomic mass is 32.1. The van der Waals surface area contributed by atoms with E-state index in [1.165, 1.54) is 5.56 Å². The maximum absolute atomic E-state index is 13.5. The lowest BCUT2D eigenvalue weighted by atomic mass is 9.98. The maximum atomic E-state index is 13.5. The maximum Gasteiger partial charge on any atom is 0.247 e. The molecule has 1 aromatic heterocycles. The van der Waals surface area contributed by atoms with E-state index >= 15 is 0 Å². The quantitative estimate of drug-likeness (QED) is 0.317. The molecule has 0 spiro atoms. The third-order valence-corrected chi connectivity index (χ3v) is 8.37. The van der Waals surface area contributed by atoms with E-state index in [0.717, 1.165) is 54.0 Å². The molecule has 1 aromatic carbocycles. The van der Waals surface area contributed by atoms with E-state index in [1.807, 2.05) is 6.07 Å². The second kappa shape index (κ2) is 14.4. The van der Waals surface area contributed by atoms with Gasteiger partial charge in [0.25, 0.3) is 0 Å². The predicted octanol–water partition coefficient (Wildman–Crippen LogP) is 3.60. The minimum atomic E-state index is -0.749. The van der Waals surface area contributed by atoms with Gasteiger partial charge in [0.2, 0.25) is 17.7 Å². The Morgan fingerprint density at radius 1 is 1.13 bits per heavy atom. The van der Waals surface area contributed by atoms with Gasteiger partial charge in [-0.2, -0.15) is 0 Å². The fourth-order valence-electron chi connectivity index (χ4n) is 4.58. The van der Waals surface area contributed by atoms with E-state index in [0.29, 0.717) is 25.1 Å². The lowest BCUT2D eigenvalue weighted by molar-refractivity contribution is -0.129. The molecule has 9 heteroatoms. The van der Waals surface area contributed by atoms with Crippen molar-refractivity contribution >= 4 is 39.3 Å². The van der Waals surface area contributed by atoms with Gasteiger partial charge in [-0.3, -0.25) is 19.3 Å². The molecule has 3 N–H and O–H groups in total. The minimum Gasteiger partial charge on any atom is -0.350 e. The summed E-state index contributed by atoms with van der Waals surface area (Å²) in [4.78, 5) is 45.4. The number of rotatable bonds is 14. The number of carbonyl (C=O) groups is 3. The van der Waals surface area contributed by atoms with Gasteiger partial charge in [-0.15, -0.1) is 11.3 Å². The number of benzene rings is 1. The van der Waals surface area contributed by atoms with Crippen LogP contribution in [-0.2, 0) is 27.2 Å². The zero-order valence-electron chi connectivity index (χ0n) is 23.3. The lowest BCUT2D eigenvalue weighted by Gasteiger charge is -2.27. The van der Waals surface area contributed by atoms with Crippen LogP contribution in [0.2, 0.25) is 0 Å². The van der Waals surface area contributed by atoms with Gasteiger partial charge in [0.05, 0.1) is 15.2 Å². The van der Waals surface area contributed by atoms with E-state index in [4.69, 9.17) is 4.98 Å². The van der Waals surface area contributed by atoms with Crippen LogP contribution in [0.25, 0.3) is 10.2 Å². The Bertz CT molecular complexity index is 1120. The normalized spacial score (nSPS) is 16.1. The highest BCUT2D eigenvalue weighted by Crippen LogP contribution is 2.24. The van der Waals surface area contributed by atoms with Gasteiger partial charge in [0, 0.05) is 37.5 Å². The number of aromatic nitrogens is 1. The van der Waals surface area contributed by atoms with Crippen LogP contribution in [0.4, 0.5) is 0 Å². The Kier molecular flexibility index (Phi) is 11.3. The first-order valence-corrected chi connectivity index (χ1v) is 14.7. The van der Waals surface area contributed by atoms with E-state index in [2.05, 4.69) is 60.3 Å². The van der Waals surface area contributed by atoms with Crippen molar-refractivity contribution in [3.63, 3.8) is 0 Å². The van der Waals surface area contributed by atoms with E-state index in [1.54, 1.807) is 18.3 Å². The van der Waals surface area contributed by atoms with Gasteiger partial charge >= 0.3 is 0 Å². The van der Waals surface area contributed by atoms with Crippen LogP contribution in [0, 0.1) is 5.92 Å². The topological polar surface area (TPSA) is 103 Å². The van der Waals surface area contributed by atoms with Crippen LogP contribution in [0.1, 0.15) is 63.9 Å². The lowest BCUT2D eigenvalue weighted by Crippen LogP contribution is -2.54. The number of hydrogen-bond donors (Lipinski definition) is 3. The van der Waals surface area contributed by atoms with Crippen LogP contribution < -0.4 is 16.0 Å². The van der Waals surface area contributed by atoms with Crippen molar-refractivity contribution in [2.45, 2.75) is 78.3 Å². The zero-order chi connectivity index (χ0) is 27.7. The van der Waals surface area contributed by atoms with E-state index < -0.39 is 6.04 Å². The SMILES string of the molecule is C=C(CN1CCCC1)C(=O)NC[C@@H](NC(=O)[C@H](Cc1nc2ccc(CC)cc2s1)NC(=O)CC)[C@@H](C)CC. The molecular formula is C29H43N5O3S. The van der Waals surface area contributed by atoms with Crippen LogP contribution in [0.3, 0.4) is 0 Å². The molecule has 0 saturated carbocycles. The molecule has 2 heterocycles. The van der Waals surface area contributed by atoms with Gasteiger partial charge in [-0.1, -0.05) is 46.8 Å². The molecule has 1 aliphatic rings. The molecule has 208 valence electrons. The Labute approximate surface area is 230 Å². The minimum absolute atomic E-state index is 0.128. The molecule has 0 bridgehead atoms. The van der Waals surface area contributed by atoms with Crippen molar-refractivity contribution in [3.8, 4) is 0 Å². The summed E-state index contributed by atoms with van der Waals surface area (Å²) in [5.41, 5.74) is 2.68. The number of thiazole rings is 1. The van der Waals surface area contributed by atoms with Crippen LogP contribution >= 0.6 is 11.3 Å². The molecular weight excluding hydrogens is 498 g/mol. The number of nitrogens with zero attached hydrogens (tertiary/aromatic N) is 2. The Morgan fingerprint density at radius 2 is 1.87 bits per heavy atom.